The summed E-state index contributed by atoms with van der Waals surface area (Å²) in [6, 6.07) is 11.4. The highest BCUT2D eigenvalue weighted by atomic mass is 35.5. The Labute approximate surface area is 225 Å². The van der Waals surface area contributed by atoms with Gasteiger partial charge in [0.2, 0.25) is 16.9 Å². The van der Waals surface area contributed by atoms with E-state index < -0.39 is 16.1 Å². The summed E-state index contributed by atoms with van der Waals surface area (Å²) in [5, 5.41) is 0.853. The fraction of sp³-hybridized carbons (Fsp3) is 0.333. The first-order valence-corrected chi connectivity index (χ1v) is 14.4. The van der Waals surface area contributed by atoms with Crippen molar-refractivity contribution in [2.75, 3.05) is 40.7 Å². The molecule has 1 saturated heterocycles. The van der Waals surface area contributed by atoms with E-state index in [0.717, 1.165) is 42.2 Å². The van der Waals surface area contributed by atoms with Crippen LogP contribution in [-0.2, 0) is 26.0 Å². The van der Waals surface area contributed by atoms with Gasteiger partial charge in [-0.15, -0.1) is 0 Å². The van der Waals surface area contributed by atoms with Crippen molar-refractivity contribution in [3.63, 3.8) is 0 Å². The van der Waals surface area contributed by atoms with Gasteiger partial charge in [-0.2, -0.15) is 4.37 Å². The molecule has 0 unspecified atom stereocenters. The zero-order chi connectivity index (χ0) is 26.2. The maximum atomic E-state index is 13.4. The number of carbonyl (C=O) groups excluding carboxylic acids is 2. The summed E-state index contributed by atoms with van der Waals surface area (Å²) in [6.07, 6.45) is 3.12. The normalized spacial score (nSPS) is 16.9. The molecule has 2 aliphatic rings. The topological polar surface area (TPSA) is 116 Å². The number of anilines is 3. The van der Waals surface area contributed by atoms with Crippen LogP contribution in [0.25, 0.3) is 0 Å². The molecule has 0 saturated carbocycles. The van der Waals surface area contributed by atoms with Gasteiger partial charge < -0.3 is 14.7 Å². The largest absolute Gasteiger partial charge is 0.360 e. The van der Waals surface area contributed by atoms with Gasteiger partial charge in [-0.1, -0.05) is 11.6 Å². The summed E-state index contributed by atoms with van der Waals surface area (Å²) in [6.45, 7) is 3.30. The number of piperazine rings is 1. The van der Waals surface area contributed by atoms with Crippen molar-refractivity contribution in [3.05, 3.63) is 59.4 Å². The van der Waals surface area contributed by atoms with Crippen LogP contribution in [0.3, 0.4) is 0 Å². The predicted molar refractivity (Wildman–Crippen MR) is 145 cm³/mol. The highest BCUT2D eigenvalue weighted by Gasteiger charge is 2.34. The Bertz CT molecular complexity index is 1420. The summed E-state index contributed by atoms with van der Waals surface area (Å²) in [7, 11) is -3.82. The van der Waals surface area contributed by atoms with Gasteiger partial charge in [-0.25, -0.2) is 13.4 Å². The van der Waals surface area contributed by atoms with Gasteiger partial charge in [0.15, 0.2) is 0 Å². The lowest BCUT2D eigenvalue weighted by Gasteiger charge is -2.40. The molecule has 0 spiro atoms. The maximum absolute atomic E-state index is 13.4. The van der Waals surface area contributed by atoms with Crippen LogP contribution >= 0.6 is 23.1 Å². The number of nitrogens with one attached hydrogen (secondary N) is 1. The van der Waals surface area contributed by atoms with Crippen molar-refractivity contribution >= 4 is 61.5 Å². The van der Waals surface area contributed by atoms with Gasteiger partial charge in [-0.05, 0) is 67.8 Å². The van der Waals surface area contributed by atoms with Gasteiger partial charge in [0.25, 0.3) is 10.0 Å². The van der Waals surface area contributed by atoms with Crippen LogP contribution in [0.2, 0.25) is 5.02 Å². The van der Waals surface area contributed by atoms with Crippen molar-refractivity contribution in [2.24, 2.45) is 0 Å². The average molecular weight is 563 g/mol. The molecule has 0 aliphatic carbocycles. The third-order valence-electron chi connectivity index (χ3n) is 6.60. The quantitative estimate of drug-likeness (QED) is 0.490. The average Bonchev–Trinajstić information content (AvgIpc) is 3.39. The standard InChI is InChI=1S/C24H25ClN6O4S2.H2/c1-16(30-10-2-3-17-13-18(25)4-9-21(17)30)23(33)29-11-12-31(22(32)14-29)19-5-7-20(8-6-19)37(34,35)28-24-26-15-27-36-24;/h4-9,13,15-16H,2-3,10-12,14H2,1H3,(H,26,27,28);1H/t16-;/m1./s1. The first kappa shape index (κ1) is 25.4. The van der Waals surface area contributed by atoms with Gasteiger partial charge in [-0.3, -0.25) is 14.3 Å². The number of nitrogens with zero attached hydrogens (tertiary/aromatic N) is 5. The van der Waals surface area contributed by atoms with Crippen molar-refractivity contribution < 1.29 is 19.4 Å². The number of aromatic nitrogens is 2. The van der Waals surface area contributed by atoms with Crippen LogP contribution in [-0.4, -0.2) is 66.7 Å². The molecule has 1 fully saturated rings. The lowest BCUT2D eigenvalue weighted by Crippen LogP contribution is -2.57. The number of hydrogen-bond donors (Lipinski definition) is 1. The minimum absolute atomic E-state index is 0. The van der Waals surface area contributed by atoms with Crippen LogP contribution in [0, 0.1) is 0 Å². The van der Waals surface area contributed by atoms with Crippen molar-refractivity contribution in [1.82, 2.24) is 14.3 Å². The van der Waals surface area contributed by atoms with Crippen LogP contribution in [0.15, 0.2) is 53.7 Å². The first-order valence-electron chi connectivity index (χ1n) is 11.8. The number of benzene rings is 2. The molecular weight excluding hydrogens is 536 g/mol. The Balaban J connectivity index is 0.00000336. The Morgan fingerprint density at radius 1 is 1.16 bits per heavy atom. The molecule has 1 N–H and O–H groups in total. The smallest absolute Gasteiger partial charge is 0.263 e. The molecule has 196 valence electrons. The molecular formula is C24H27ClN6O4S2. The van der Waals surface area contributed by atoms with E-state index in [2.05, 4.69) is 19.0 Å². The molecule has 5 rings (SSSR count). The number of fused-ring (bicyclic) bond motifs is 1. The second-order valence-corrected chi connectivity index (χ2v) is 11.8. The number of rotatable bonds is 6. The lowest BCUT2D eigenvalue weighted by atomic mass is 10.00. The minimum Gasteiger partial charge on any atom is -0.360 e. The Hall–Kier alpha value is -3.22. The van der Waals surface area contributed by atoms with Crippen molar-refractivity contribution in [1.29, 1.82) is 0 Å². The minimum atomic E-state index is -3.82. The second kappa shape index (κ2) is 10.3. The molecule has 1 atom stereocenters. The number of halogens is 1. The number of aryl methyl sites for hydroxylation is 1. The zero-order valence-corrected chi connectivity index (χ0v) is 22.4. The van der Waals surface area contributed by atoms with Crippen LogP contribution in [0.5, 0.6) is 0 Å². The van der Waals surface area contributed by atoms with Crippen molar-refractivity contribution in [3.8, 4) is 0 Å². The molecule has 3 heterocycles. The Kier molecular flexibility index (Phi) is 7.06. The highest BCUT2D eigenvalue weighted by Crippen LogP contribution is 2.31. The summed E-state index contributed by atoms with van der Waals surface area (Å²) in [5.41, 5.74) is 2.71. The van der Waals surface area contributed by atoms with Crippen molar-refractivity contribution in [2.45, 2.75) is 30.7 Å². The van der Waals surface area contributed by atoms with E-state index in [1.807, 2.05) is 25.1 Å². The van der Waals surface area contributed by atoms with E-state index in [1.54, 1.807) is 21.9 Å². The zero-order valence-electron chi connectivity index (χ0n) is 20.0. The molecule has 1 aromatic heterocycles. The fourth-order valence-electron chi connectivity index (χ4n) is 4.73. The van der Waals surface area contributed by atoms with E-state index in [-0.39, 0.29) is 29.8 Å². The third-order valence-corrected chi connectivity index (χ3v) is 8.89. The first-order chi connectivity index (χ1) is 17.7. The Morgan fingerprint density at radius 3 is 2.65 bits per heavy atom. The molecule has 2 aromatic carbocycles. The fourth-order valence-corrected chi connectivity index (χ4v) is 6.58. The summed E-state index contributed by atoms with van der Waals surface area (Å²) < 4.78 is 31.2. The molecule has 13 heteroatoms. The summed E-state index contributed by atoms with van der Waals surface area (Å²) >= 11 is 7.09. The van der Waals surface area contributed by atoms with Gasteiger partial charge in [0, 0.05) is 49.0 Å². The van der Waals surface area contributed by atoms with E-state index >= 15 is 0 Å². The molecule has 0 radical (unpaired) electrons. The lowest BCUT2D eigenvalue weighted by molar-refractivity contribution is -0.137. The molecule has 10 nitrogen and oxygen atoms in total. The summed E-state index contributed by atoms with van der Waals surface area (Å²) in [4.78, 5) is 35.5. The second-order valence-electron chi connectivity index (χ2n) is 8.90. The third kappa shape index (κ3) is 5.27. The van der Waals surface area contributed by atoms with E-state index in [9.17, 15) is 18.0 Å². The molecule has 2 aliphatic heterocycles. The number of carbonyl (C=O) groups is 2. The highest BCUT2D eigenvalue weighted by molar-refractivity contribution is 7.93. The molecule has 3 aromatic rings. The van der Waals surface area contributed by atoms with Crippen LogP contribution in [0.4, 0.5) is 16.5 Å². The summed E-state index contributed by atoms with van der Waals surface area (Å²) in [5.74, 6) is -0.319. The Morgan fingerprint density at radius 2 is 1.95 bits per heavy atom. The van der Waals surface area contributed by atoms with E-state index in [1.165, 1.54) is 18.5 Å². The predicted octanol–water partition coefficient (Wildman–Crippen LogP) is 3.25. The SMILES string of the molecule is C[C@H](C(=O)N1CCN(c2ccc(S(=O)(=O)Nc3ncns3)cc2)C(=O)C1)N1CCCc2cc(Cl)ccc21.[HH]. The van der Waals surface area contributed by atoms with Crippen LogP contribution < -0.4 is 14.5 Å². The van der Waals surface area contributed by atoms with E-state index in [0.29, 0.717) is 23.8 Å². The van der Waals surface area contributed by atoms with E-state index in [4.69, 9.17) is 11.6 Å². The monoisotopic (exact) mass is 562 g/mol. The molecule has 37 heavy (non-hydrogen) atoms. The molecule has 2 amide bonds. The van der Waals surface area contributed by atoms with Gasteiger partial charge in [0.1, 0.15) is 18.9 Å². The number of sulfonamides is 1. The molecule has 0 bridgehead atoms. The number of hydrogen-bond acceptors (Lipinski definition) is 8. The number of amides is 2. The van der Waals surface area contributed by atoms with Crippen LogP contribution in [0.1, 0.15) is 20.3 Å². The maximum Gasteiger partial charge on any atom is 0.263 e. The van der Waals surface area contributed by atoms with Gasteiger partial charge in [0.05, 0.1) is 4.90 Å². The van der Waals surface area contributed by atoms with Gasteiger partial charge >= 0.3 is 0 Å².